The summed E-state index contributed by atoms with van der Waals surface area (Å²) in [5.41, 5.74) is 1.12. The first-order valence-corrected chi connectivity index (χ1v) is 6.74. The summed E-state index contributed by atoms with van der Waals surface area (Å²) >= 11 is 0. The maximum absolute atomic E-state index is 11.9. The van der Waals surface area contributed by atoms with Gasteiger partial charge in [0.05, 0.1) is 19.8 Å². The third-order valence-electron chi connectivity index (χ3n) is 3.37. The molecule has 1 aliphatic heterocycles. The molecule has 1 aliphatic rings. The highest BCUT2D eigenvalue weighted by molar-refractivity contribution is 5.84. The van der Waals surface area contributed by atoms with Crippen LogP contribution in [0.2, 0.25) is 0 Å². The van der Waals surface area contributed by atoms with Crippen molar-refractivity contribution in [2.24, 2.45) is 0 Å². The standard InChI is InChI=1S/C15H21NO3/c1-11-5-6-14(15(10-11)18-2)19-9-7-13(17)12-4-3-8-16-12/h5-6,10,12,16H,3-4,7-9H2,1-2H3. The summed E-state index contributed by atoms with van der Waals surface area (Å²) < 4.78 is 10.9. The topological polar surface area (TPSA) is 47.6 Å². The summed E-state index contributed by atoms with van der Waals surface area (Å²) in [6, 6.07) is 5.81. The number of Topliss-reactive ketones (excluding diaryl/α,β-unsaturated/α-hetero) is 1. The fourth-order valence-corrected chi connectivity index (χ4v) is 2.29. The molecule has 1 unspecified atom stereocenters. The maximum Gasteiger partial charge on any atom is 0.161 e. The van der Waals surface area contributed by atoms with Crippen LogP contribution in [0, 0.1) is 6.92 Å². The first-order valence-electron chi connectivity index (χ1n) is 6.74. The molecule has 1 N–H and O–H groups in total. The van der Waals surface area contributed by atoms with Gasteiger partial charge in [0, 0.05) is 6.42 Å². The lowest BCUT2D eigenvalue weighted by Gasteiger charge is -2.12. The van der Waals surface area contributed by atoms with Crippen molar-refractivity contribution in [3.05, 3.63) is 23.8 Å². The summed E-state index contributed by atoms with van der Waals surface area (Å²) in [5, 5.41) is 3.21. The average Bonchev–Trinajstić information content (AvgIpc) is 2.94. The second-order valence-electron chi connectivity index (χ2n) is 4.87. The molecule has 1 aromatic rings. The predicted octanol–water partition coefficient (Wildman–Crippen LogP) is 2.09. The van der Waals surface area contributed by atoms with Crippen LogP contribution >= 0.6 is 0 Å². The van der Waals surface area contributed by atoms with Gasteiger partial charge in [-0.15, -0.1) is 0 Å². The van der Waals surface area contributed by atoms with E-state index in [1.165, 1.54) is 0 Å². The SMILES string of the molecule is COc1cc(C)ccc1OCCC(=O)C1CCCN1. The van der Waals surface area contributed by atoms with E-state index < -0.39 is 0 Å². The molecule has 4 nitrogen and oxygen atoms in total. The van der Waals surface area contributed by atoms with Crippen molar-refractivity contribution < 1.29 is 14.3 Å². The van der Waals surface area contributed by atoms with Gasteiger partial charge in [0.25, 0.3) is 0 Å². The second kappa shape index (κ2) is 6.57. The molecule has 104 valence electrons. The third-order valence-corrected chi connectivity index (χ3v) is 3.37. The number of methoxy groups -OCH3 is 1. The van der Waals surface area contributed by atoms with E-state index in [9.17, 15) is 4.79 Å². The van der Waals surface area contributed by atoms with E-state index in [1.807, 2.05) is 25.1 Å². The van der Waals surface area contributed by atoms with Gasteiger partial charge < -0.3 is 14.8 Å². The van der Waals surface area contributed by atoms with Crippen LogP contribution in [0.15, 0.2) is 18.2 Å². The fraction of sp³-hybridized carbons (Fsp3) is 0.533. The summed E-state index contributed by atoms with van der Waals surface area (Å²) in [6.45, 7) is 3.35. The minimum absolute atomic E-state index is 0.0310. The zero-order chi connectivity index (χ0) is 13.7. The summed E-state index contributed by atoms with van der Waals surface area (Å²) in [7, 11) is 1.62. The van der Waals surface area contributed by atoms with Crippen LogP contribution in [0.25, 0.3) is 0 Å². The maximum atomic E-state index is 11.9. The Kier molecular flexibility index (Phi) is 4.80. The molecule has 0 aliphatic carbocycles. The largest absolute Gasteiger partial charge is 0.493 e. The van der Waals surface area contributed by atoms with E-state index in [2.05, 4.69) is 5.32 Å². The number of hydrogen-bond acceptors (Lipinski definition) is 4. The number of aryl methyl sites for hydroxylation is 1. The highest BCUT2D eigenvalue weighted by Gasteiger charge is 2.21. The van der Waals surface area contributed by atoms with Crippen molar-refractivity contribution in [2.45, 2.75) is 32.2 Å². The summed E-state index contributed by atoms with van der Waals surface area (Å²) in [5.74, 6) is 1.65. The predicted molar refractivity (Wildman–Crippen MR) is 73.9 cm³/mol. The molecule has 4 heteroatoms. The Hall–Kier alpha value is -1.55. The molecule has 0 radical (unpaired) electrons. The van der Waals surface area contributed by atoms with Crippen LogP contribution < -0.4 is 14.8 Å². The zero-order valence-electron chi connectivity index (χ0n) is 11.6. The van der Waals surface area contributed by atoms with Gasteiger partial charge in [-0.3, -0.25) is 4.79 Å². The van der Waals surface area contributed by atoms with Crippen molar-refractivity contribution in [3.63, 3.8) is 0 Å². The molecule has 1 aromatic carbocycles. The first-order chi connectivity index (χ1) is 9.20. The van der Waals surface area contributed by atoms with Crippen LogP contribution in [-0.2, 0) is 4.79 Å². The van der Waals surface area contributed by atoms with Crippen LogP contribution in [0.4, 0.5) is 0 Å². The van der Waals surface area contributed by atoms with Gasteiger partial charge in [-0.1, -0.05) is 6.07 Å². The van der Waals surface area contributed by atoms with E-state index in [0.29, 0.717) is 24.5 Å². The number of ketones is 1. The molecule has 1 saturated heterocycles. The van der Waals surface area contributed by atoms with Gasteiger partial charge >= 0.3 is 0 Å². The smallest absolute Gasteiger partial charge is 0.161 e. The van der Waals surface area contributed by atoms with Gasteiger partial charge in [0.1, 0.15) is 0 Å². The number of ether oxygens (including phenoxy) is 2. The monoisotopic (exact) mass is 263 g/mol. The van der Waals surface area contributed by atoms with Crippen LogP contribution in [0.3, 0.4) is 0 Å². The second-order valence-corrected chi connectivity index (χ2v) is 4.87. The molecule has 0 aromatic heterocycles. The normalized spacial score (nSPS) is 18.3. The fourth-order valence-electron chi connectivity index (χ4n) is 2.29. The molecular weight excluding hydrogens is 242 g/mol. The van der Waals surface area contributed by atoms with E-state index in [1.54, 1.807) is 7.11 Å². The van der Waals surface area contributed by atoms with E-state index in [-0.39, 0.29) is 11.8 Å². The molecular formula is C15H21NO3. The lowest BCUT2D eigenvalue weighted by Crippen LogP contribution is -2.31. The Morgan fingerprint density at radius 3 is 2.95 bits per heavy atom. The van der Waals surface area contributed by atoms with Crippen molar-refractivity contribution >= 4 is 5.78 Å². The average molecular weight is 263 g/mol. The van der Waals surface area contributed by atoms with Gasteiger partial charge in [-0.05, 0) is 44.0 Å². The van der Waals surface area contributed by atoms with Gasteiger partial charge in [0.15, 0.2) is 17.3 Å². The van der Waals surface area contributed by atoms with Crippen LogP contribution in [-0.4, -0.2) is 32.1 Å². The quantitative estimate of drug-likeness (QED) is 0.853. The molecule has 0 spiro atoms. The number of carbonyl (C=O) groups is 1. The molecule has 0 bridgehead atoms. The summed E-state index contributed by atoms with van der Waals surface area (Å²) in [6.07, 6.45) is 2.48. The van der Waals surface area contributed by atoms with Crippen LogP contribution in [0.1, 0.15) is 24.8 Å². The molecule has 0 saturated carbocycles. The lowest BCUT2D eigenvalue weighted by molar-refractivity contribution is -0.121. The Morgan fingerprint density at radius 2 is 2.26 bits per heavy atom. The zero-order valence-corrected chi connectivity index (χ0v) is 11.6. The third kappa shape index (κ3) is 3.70. The van der Waals surface area contributed by atoms with Gasteiger partial charge in [-0.2, -0.15) is 0 Å². The first kappa shape index (κ1) is 13.9. The lowest BCUT2D eigenvalue weighted by atomic mass is 10.1. The molecule has 1 fully saturated rings. The summed E-state index contributed by atoms with van der Waals surface area (Å²) in [4.78, 5) is 11.9. The van der Waals surface area contributed by atoms with Crippen molar-refractivity contribution in [1.82, 2.24) is 5.32 Å². The number of rotatable bonds is 6. The number of benzene rings is 1. The van der Waals surface area contributed by atoms with Crippen molar-refractivity contribution in [1.29, 1.82) is 0 Å². The van der Waals surface area contributed by atoms with E-state index in [0.717, 1.165) is 24.9 Å². The Morgan fingerprint density at radius 1 is 1.42 bits per heavy atom. The molecule has 19 heavy (non-hydrogen) atoms. The van der Waals surface area contributed by atoms with Crippen molar-refractivity contribution in [3.8, 4) is 11.5 Å². The van der Waals surface area contributed by atoms with E-state index in [4.69, 9.17) is 9.47 Å². The molecule has 1 atom stereocenters. The minimum Gasteiger partial charge on any atom is -0.493 e. The van der Waals surface area contributed by atoms with Crippen LogP contribution in [0.5, 0.6) is 11.5 Å². The van der Waals surface area contributed by atoms with Gasteiger partial charge in [0.2, 0.25) is 0 Å². The molecule has 1 heterocycles. The number of hydrogen-bond donors (Lipinski definition) is 1. The Bertz CT molecular complexity index is 439. The van der Waals surface area contributed by atoms with Crippen molar-refractivity contribution in [2.75, 3.05) is 20.3 Å². The number of carbonyl (C=O) groups excluding carboxylic acids is 1. The number of nitrogens with one attached hydrogen (secondary N) is 1. The highest BCUT2D eigenvalue weighted by atomic mass is 16.5. The molecule has 2 rings (SSSR count). The Balaban J connectivity index is 1.83. The molecule has 0 amide bonds. The van der Waals surface area contributed by atoms with E-state index >= 15 is 0 Å². The van der Waals surface area contributed by atoms with Gasteiger partial charge in [-0.25, -0.2) is 0 Å². The minimum atomic E-state index is 0.0310. The Labute approximate surface area is 114 Å². The highest BCUT2D eigenvalue weighted by Crippen LogP contribution is 2.27.